The zero-order valence-corrected chi connectivity index (χ0v) is 24.5. The number of fused-ring (bicyclic) bond motifs is 2. The standard InChI is InChI=1S/C30H44N2O3.BrH/c1-6-15-31-18-22(34-20(4)5)16-24-23-13-10-14-26-28(23)25(17-27(24)31)29(32(26)19(2)3)30(33)35-21-11-8-7-9-12-21;/h10,13-14,19-22,24,27H,6-9,11-12,15-18H2,1-5H3;1H/t22-,24?,27-;/m1./s1. The highest BCUT2D eigenvalue weighted by Crippen LogP contribution is 2.47. The highest BCUT2D eigenvalue weighted by Gasteiger charge is 2.43. The van der Waals surface area contributed by atoms with Crippen LogP contribution in [-0.4, -0.2) is 52.9 Å². The molecule has 1 aromatic heterocycles. The van der Waals surface area contributed by atoms with E-state index in [1.54, 1.807) is 0 Å². The lowest BCUT2D eigenvalue weighted by Gasteiger charge is -2.47. The van der Waals surface area contributed by atoms with Crippen LogP contribution in [0.5, 0.6) is 0 Å². The lowest BCUT2D eigenvalue weighted by molar-refractivity contribution is -0.0561. The molecule has 0 spiro atoms. The summed E-state index contributed by atoms with van der Waals surface area (Å²) in [6.45, 7) is 13.0. The zero-order chi connectivity index (χ0) is 24.7. The maximum Gasteiger partial charge on any atom is 0.355 e. The average Bonchev–Trinajstić information content (AvgIpc) is 3.16. The first-order chi connectivity index (χ1) is 16.9. The molecule has 3 aliphatic rings. The maximum absolute atomic E-state index is 13.8. The average molecular weight is 562 g/mol. The number of likely N-dealkylation sites (tertiary alicyclic amines) is 1. The van der Waals surface area contributed by atoms with Gasteiger partial charge in [-0.2, -0.15) is 0 Å². The molecular formula is C30H45BrN2O3. The fourth-order valence-corrected chi connectivity index (χ4v) is 7.14. The third kappa shape index (κ3) is 5.15. The molecule has 2 aromatic rings. The quantitative estimate of drug-likeness (QED) is 0.335. The Labute approximate surface area is 227 Å². The molecular weight excluding hydrogens is 516 g/mol. The summed E-state index contributed by atoms with van der Waals surface area (Å²) < 4.78 is 14.8. The van der Waals surface area contributed by atoms with Crippen LogP contribution >= 0.6 is 17.0 Å². The molecule has 2 heterocycles. The van der Waals surface area contributed by atoms with Gasteiger partial charge < -0.3 is 14.0 Å². The van der Waals surface area contributed by atoms with Crippen LogP contribution in [0.2, 0.25) is 0 Å². The van der Waals surface area contributed by atoms with Gasteiger partial charge in [0.15, 0.2) is 0 Å². The molecule has 1 unspecified atom stereocenters. The molecule has 3 atom stereocenters. The minimum Gasteiger partial charge on any atom is -0.458 e. The molecule has 1 saturated carbocycles. The van der Waals surface area contributed by atoms with Gasteiger partial charge in [0.1, 0.15) is 11.8 Å². The number of esters is 1. The van der Waals surface area contributed by atoms with Crippen LogP contribution in [0.3, 0.4) is 0 Å². The van der Waals surface area contributed by atoms with Gasteiger partial charge in [-0.05, 0) is 96.4 Å². The Balaban J connectivity index is 0.00000304. The monoisotopic (exact) mass is 560 g/mol. The van der Waals surface area contributed by atoms with Crippen LogP contribution < -0.4 is 0 Å². The van der Waals surface area contributed by atoms with Crippen molar-refractivity contribution in [2.24, 2.45) is 0 Å². The fraction of sp³-hybridized carbons (Fsp3) is 0.700. The first-order valence-electron chi connectivity index (χ1n) is 14.1. The van der Waals surface area contributed by atoms with E-state index >= 15 is 0 Å². The first kappa shape index (κ1) is 27.7. The smallest absolute Gasteiger partial charge is 0.355 e. The van der Waals surface area contributed by atoms with Gasteiger partial charge in [0.05, 0.1) is 12.2 Å². The predicted molar refractivity (Wildman–Crippen MR) is 152 cm³/mol. The molecule has 1 aliphatic heterocycles. The van der Waals surface area contributed by atoms with E-state index in [-0.39, 0.29) is 47.3 Å². The van der Waals surface area contributed by atoms with Gasteiger partial charge in [0.2, 0.25) is 0 Å². The van der Waals surface area contributed by atoms with Crippen LogP contribution in [0.25, 0.3) is 10.9 Å². The second-order valence-electron chi connectivity index (χ2n) is 11.6. The third-order valence-electron chi connectivity index (χ3n) is 8.38. The van der Waals surface area contributed by atoms with Crippen LogP contribution in [0.15, 0.2) is 18.2 Å². The molecule has 5 nitrogen and oxygen atoms in total. The summed E-state index contributed by atoms with van der Waals surface area (Å²) in [7, 11) is 0. The number of aromatic nitrogens is 1. The van der Waals surface area contributed by atoms with Gasteiger partial charge in [-0.15, -0.1) is 17.0 Å². The molecule has 6 heteroatoms. The van der Waals surface area contributed by atoms with Gasteiger partial charge in [0.25, 0.3) is 0 Å². The molecule has 200 valence electrons. The Morgan fingerprint density at radius 1 is 1.08 bits per heavy atom. The maximum atomic E-state index is 13.8. The first-order valence-corrected chi connectivity index (χ1v) is 14.1. The summed E-state index contributed by atoms with van der Waals surface area (Å²) in [5.41, 5.74) is 4.62. The van der Waals surface area contributed by atoms with Crippen molar-refractivity contribution in [3.05, 3.63) is 35.0 Å². The molecule has 0 N–H and O–H groups in total. The minimum atomic E-state index is -0.111. The van der Waals surface area contributed by atoms with Crippen molar-refractivity contribution in [2.45, 2.75) is 122 Å². The number of nitrogens with zero attached hydrogens (tertiary/aromatic N) is 2. The summed E-state index contributed by atoms with van der Waals surface area (Å²) >= 11 is 0. The molecule has 5 rings (SSSR count). The van der Waals surface area contributed by atoms with E-state index in [1.807, 2.05) is 0 Å². The second-order valence-corrected chi connectivity index (χ2v) is 11.6. The number of halogens is 1. The van der Waals surface area contributed by atoms with Gasteiger partial charge in [-0.1, -0.05) is 25.5 Å². The predicted octanol–water partition coefficient (Wildman–Crippen LogP) is 7.21. The number of ether oxygens (including phenoxy) is 2. The Kier molecular flexibility index (Phi) is 8.89. The van der Waals surface area contributed by atoms with E-state index in [4.69, 9.17) is 9.47 Å². The molecule has 0 radical (unpaired) electrons. The van der Waals surface area contributed by atoms with Gasteiger partial charge in [0, 0.05) is 35.4 Å². The summed E-state index contributed by atoms with van der Waals surface area (Å²) in [6.07, 6.45) is 9.23. The number of benzene rings is 1. The number of carbonyl (C=O) groups is 1. The minimum absolute atomic E-state index is 0. The molecule has 0 amide bonds. The lowest BCUT2D eigenvalue weighted by Crippen LogP contribution is -2.53. The molecule has 2 fully saturated rings. The number of rotatable bonds is 7. The number of hydrogen-bond donors (Lipinski definition) is 0. The van der Waals surface area contributed by atoms with Crippen molar-refractivity contribution < 1.29 is 14.3 Å². The van der Waals surface area contributed by atoms with E-state index in [0.717, 1.165) is 63.7 Å². The summed E-state index contributed by atoms with van der Waals surface area (Å²) in [5.74, 6) is 0.320. The van der Waals surface area contributed by atoms with E-state index in [0.29, 0.717) is 12.0 Å². The molecule has 1 aromatic carbocycles. The molecule has 2 aliphatic carbocycles. The normalized spacial score (nSPS) is 24.7. The lowest BCUT2D eigenvalue weighted by atomic mass is 9.73. The zero-order valence-electron chi connectivity index (χ0n) is 22.8. The van der Waals surface area contributed by atoms with Crippen molar-refractivity contribution in [3.63, 3.8) is 0 Å². The number of carbonyl (C=O) groups excluding carboxylic acids is 1. The topological polar surface area (TPSA) is 43.7 Å². The fourth-order valence-electron chi connectivity index (χ4n) is 7.14. The van der Waals surface area contributed by atoms with Crippen molar-refractivity contribution in [1.82, 2.24) is 9.47 Å². The van der Waals surface area contributed by atoms with Crippen molar-refractivity contribution in [3.8, 4) is 0 Å². The van der Waals surface area contributed by atoms with Crippen molar-refractivity contribution in [1.29, 1.82) is 0 Å². The number of hydrogen-bond acceptors (Lipinski definition) is 4. The molecule has 36 heavy (non-hydrogen) atoms. The summed E-state index contributed by atoms with van der Waals surface area (Å²) in [5, 5.41) is 1.31. The van der Waals surface area contributed by atoms with Gasteiger partial charge >= 0.3 is 5.97 Å². The van der Waals surface area contributed by atoms with Crippen LogP contribution in [0.1, 0.15) is 113 Å². The third-order valence-corrected chi connectivity index (χ3v) is 8.38. The summed E-state index contributed by atoms with van der Waals surface area (Å²) in [4.78, 5) is 16.4. The largest absolute Gasteiger partial charge is 0.458 e. The van der Waals surface area contributed by atoms with Gasteiger partial charge in [-0.3, -0.25) is 4.90 Å². The molecule has 0 bridgehead atoms. The van der Waals surface area contributed by atoms with Crippen LogP contribution in [0, 0.1) is 0 Å². The SMILES string of the molecule is Br.CCCN1C[C@H](OC(C)C)CC2c3cccc4c3c(c(C(=O)OC3CCCCC3)n4C(C)C)C[C@H]21. The van der Waals surface area contributed by atoms with Crippen LogP contribution in [-0.2, 0) is 15.9 Å². The van der Waals surface area contributed by atoms with Gasteiger partial charge in [-0.25, -0.2) is 4.79 Å². The Bertz CT molecular complexity index is 1060. The van der Waals surface area contributed by atoms with Crippen LogP contribution in [0.4, 0.5) is 0 Å². The summed E-state index contributed by atoms with van der Waals surface area (Å²) in [6, 6.07) is 7.31. The highest BCUT2D eigenvalue weighted by atomic mass is 79.9. The van der Waals surface area contributed by atoms with E-state index < -0.39 is 0 Å². The number of piperidine rings is 1. The Morgan fingerprint density at radius 3 is 2.50 bits per heavy atom. The van der Waals surface area contributed by atoms with Crippen molar-refractivity contribution in [2.75, 3.05) is 13.1 Å². The van der Waals surface area contributed by atoms with E-state index in [9.17, 15) is 4.79 Å². The Morgan fingerprint density at radius 2 is 1.83 bits per heavy atom. The Hall–Kier alpha value is -1.37. The van der Waals surface area contributed by atoms with E-state index in [1.165, 1.54) is 28.5 Å². The molecule has 1 saturated heterocycles. The second kappa shape index (κ2) is 11.6. The van der Waals surface area contributed by atoms with E-state index in [2.05, 4.69) is 62.3 Å². The van der Waals surface area contributed by atoms with Crippen molar-refractivity contribution >= 4 is 33.9 Å². The highest BCUT2D eigenvalue weighted by molar-refractivity contribution is 8.93.